The molecule has 0 spiro atoms. The molecule has 126 valence electrons. The van der Waals surface area contributed by atoms with Gasteiger partial charge in [0.2, 0.25) is 5.91 Å². The van der Waals surface area contributed by atoms with Crippen LogP contribution in [0.3, 0.4) is 0 Å². The maximum Gasteiger partial charge on any atom is 1.00 e. The van der Waals surface area contributed by atoms with Crippen LogP contribution in [0.2, 0.25) is 0 Å². The van der Waals surface area contributed by atoms with Crippen molar-refractivity contribution in [1.82, 2.24) is 4.90 Å². The fraction of sp³-hybridized carbons (Fsp3) is 0.933. The fourth-order valence-corrected chi connectivity index (χ4v) is 2.66. The van der Waals surface area contributed by atoms with Gasteiger partial charge >= 0.3 is 29.6 Å². The smallest absolute Gasteiger partial charge is 0.345 e. The summed E-state index contributed by atoms with van der Waals surface area (Å²) in [5, 5.41) is 0. The molecule has 0 aromatic carbocycles. The molecule has 0 aliphatic carbocycles. The van der Waals surface area contributed by atoms with Crippen molar-refractivity contribution in [2.45, 2.75) is 71.1 Å². The Labute approximate surface area is 158 Å². The normalized spacial score (nSPS) is 11.0. The predicted octanol–water partition coefficient (Wildman–Crippen LogP) is 0.258. The summed E-state index contributed by atoms with van der Waals surface area (Å²) in [6.45, 7) is 2.26. The van der Waals surface area contributed by atoms with E-state index in [0.29, 0.717) is 6.42 Å². The molecule has 0 aliphatic heterocycles. The van der Waals surface area contributed by atoms with Crippen LogP contribution >= 0.6 is 0 Å². The molecule has 1 amide bonds. The van der Waals surface area contributed by atoms with E-state index in [2.05, 4.69) is 6.92 Å². The number of carbonyl (C=O) groups is 1. The summed E-state index contributed by atoms with van der Waals surface area (Å²) in [7, 11) is -2.42. The number of rotatable bonds is 13. The van der Waals surface area contributed by atoms with E-state index in [1.54, 1.807) is 7.05 Å². The molecule has 0 aliphatic rings. The molecule has 0 bridgehead atoms. The Morgan fingerprint density at radius 2 is 1.41 bits per heavy atom. The SMILES string of the molecule is CCCCCCCCCCCC(=O)N(C)CCS(=O)(=O)O.[Na+]. The molecule has 0 unspecified atom stereocenters. The van der Waals surface area contributed by atoms with Crippen LogP contribution in [0.25, 0.3) is 0 Å². The molecule has 7 heteroatoms. The fourth-order valence-electron chi connectivity index (χ4n) is 2.15. The Hall–Kier alpha value is 0.380. The molecule has 0 aromatic heterocycles. The van der Waals surface area contributed by atoms with Gasteiger partial charge < -0.3 is 4.90 Å². The van der Waals surface area contributed by atoms with Crippen LogP contribution in [0.4, 0.5) is 0 Å². The summed E-state index contributed by atoms with van der Waals surface area (Å²) in [5.74, 6) is -0.450. The molecular formula is C15H31NNaO4S+. The zero-order valence-corrected chi connectivity index (χ0v) is 17.3. The molecule has 0 heterocycles. The third-order valence-electron chi connectivity index (χ3n) is 3.60. The van der Waals surface area contributed by atoms with Gasteiger partial charge in [-0.25, -0.2) is 0 Å². The van der Waals surface area contributed by atoms with E-state index in [0.717, 1.165) is 19.3 Å². The summed E-state index contributed by atoms with van der Waals surface area (Å²) in [6.07, 6.45) is 11.3. The largest absolute Gasteiger partial charge is 1.00 e. The van der Waals surface area contributed by atoms with Crippen LogP contribution < -0.4 is 29.6 Å². The zero-order chi connectivity index (χ0) is 16.1. The molecule has 0 aromatic rings. The second kappa shape index (κ2) is 14.9. The van der Waals surface area contributed by atoms with Crippen molar-refractivity contribution >= 4 is 16.0 Å². The van der Waals surface area contributed by atoms with E-state index in [-0.39, 0.29) is 42.0 Å². The van der Waals surface area contributed by atoms with Crippen molar-refractivity contribution in [3.63, 3.8) is 0 Å². The minimum absolute atomic E-state index is 0. The third kappa shape index (κ3) is 16.7. The standard InChI is InChI=1S/C15H31NO4S.Na/c1-3-4-5-6-7-8-9-10-11-12-15(17)16(2)13-14-21(18,19)20;/h3-14H2,1-2H3,(H,18,19,20);/q;+1. The molecule has 0 fully saturated rings. The monoisotopic (exact) mass is 344 g/mol. The maximum atomic E-state index is 11.7. The number of hydrogen-bond acceptors (Lipinski definition) is 3. The Morgan fingerprint density at radius 1 is 0.955 bits per heavy atom. The second-order valence-corrected chi connectivity index (χ2v) is 7.25. The number of nitrogens with zero attached hydrogens (tertiary/aromatic N) is 1. The predicted molar refractivity (Wildman–Crippen MR) is 85.9 cm³/mol. The van der Waals surface area contributed by atoms with E-state index < -0.39 is 15.9 Å². The number of unbranched alkanes of at least 4 members (excludes halogenated alkanes) is 8. The number of amides is 1. The van der Waals surface area contributed by atoms with Gasteiger partial charge in [-0.2, -0.15) is 8.42 Å². The van der Waals surface area contributed by atoms with Crippen molar-refractivity contribution in [3.8, 4) is 0 Å². The van der Waals surface area contributed by atoms with Crippen LogP contribution in [0.15, 0.2) is 0 Å². The van der Waals surface area contributed by atoms with Crippen molar-refractivity contribution < 1.29 is 47.3 Å². The van der Waals surface area contributed by atoms with Gasteiger partial charge in [-0.15, -0.1) is 0 Å². The molecule has 0 saturated heterocycles. The van der Waals surface area contributed by atoms with Gasteiger partial charge in [0, 0.05) is 20.0 Å². The molecule has 1 N–H and O–H groups in total. The Bertz CT molecular complexity index is 374. The summed E-state index contributed by atoms with van der Waals surface area (Å²) in [6, 6.07) is 0. The van der Waals surface area contributed by atoms with Crippen LogP contribution in [-0.4, -0.2) is 43.1 Å². The second-order valence-electron chi connectivity index (χ2n) is 5.68. The van der Waals surface area contributed by atoms with E-state index in [1.807, 2.05) is 0 Å². The van der Waals surface area contributed by atoms with Crippen molar-refractivity contribution in [3.05, 3.63) is 0 Å². The first kappa shape index (κ1) is 24.6. The first-order valence-corrected chi connectivity index (χ1v) is 9.67. The average molecular weight is 344 g/mol. The van der Waals surface area contributed by atoms with Gasteiger partial charge in [0.15, 0.2) is 0 Å². The van der Waals surface area contributed by atoms with Gasteiger partial charge in [-0.3, -0.25) is 9.35 Å². The summed E-state index contributed by atoms with van der Waals surface area (Å²) in [4.78, 5) is 13.1. The van der Waals surface area contributed by atoms with Gasteiger partial charge in [0.25, 0.3) is 10.1 Å². The Morgan fingerprint density at radius 3 is 1.86 bits per heavy atom. The summed E-state index contributed by atoms with van der Waals surface area (Å²) < 4.78 is 29.8. The topological polar surface area (TPSA) is 74.7 Å². The van der Waals surface area contributed by atoms with Gasteiger partial charge in [0.1, 0.15) is 0 Å². The summed E-state index contributed by atoms with van der Waals surface area (Å²) in [5.41, 5.74) is 0. The Kier molecular flexibility index (Phi) is 16.7. The molecule has 0 radical (unpaired) electrons. The molecule has 22 heavy (non-hydrogen) atoms. The van der Waals surface area contributed by atoms with Gasteiger partial charge in [-0.1, -0.05) is 58.3 Å². The van der Waals surface area contributed by atoms with Crippen molar-refractivity contribution in [2.75, 3.05) is 19.3 Å². The van der Waals surface area contributed by atoms with Gasteiger partial charge in [0.05, 0.1) is 5.75 Å². The Balaban J connectivity index is 0. The first-order chi connectivity index (χ1) is 9.87. The van der Waals surface area contributed by atoms with Crippen LogP contribution in [-0.2, 0) is 14.9 Å². The molecule has 0 saturated carbocycles. The van der Waals surface area contributed by atoms with Crippen molar-refractivity contribution in [1.29, 1.82) is 0 Å². The van der Waals surface area contributed by atoms with E-state index in [9.17, 15) is 13.2 Å². The quantitative estimate of drug-likeness (QED) is 0.295. The van der Waals surface area contributed by atoms with Gasteiger partial charge in [-0.05, 0) is 6.42 Å². The van der Waals surface area contributed by atoms with E-state index in [1.165, 1.54) is 43.4 Å². The van der Waals surface area contributed by atoms with Crippen LogP contribution in [0.1, 0.15) is 71.1 Å². The molecule has 5 nitrogen and oxygen atoms in total. The minimum Gasteiger partial charge on any atom is -0.345 e. The number of carbonyl (C=O) groups excluding carboxylic acids is 1. The van der Waals surface area contributed by atoms with Crippen LogP contribution in [0, 0.1) is 0 Å². The molecule has 0 atom stereocenters. The third-order valence-corrected chi connectivity index (χ3v) is 4.30. The number of hydrogen-bond donors (Lipinski definition) is 1. The molecular weight excluding hydrogens is 313 g/mol. The average Bonchev–Trinajstić information content (AvgIpc) is 2.41. The van der Waals surface area contributed by atoms with E-state index >= 15 is 0 Å². The van der Waals surface area contributed by atoms with E-state index in [4.69, 9.17) is 4.55 Å². The molecule has 0 rings (SSSR count). The first-order valence-electron chi connectivity index (χ1n) is 8.06. The minimum atomic E-state index is -3.99. The van der Waals surface area contributed by atoms with Crippen molar-refractivity contribution in [2.24, 2.45) is 0 Å². The summed E-state index contributed by atoms with van der Waals surface area (Å²) >= 11 is 0. The zero-order valence-electron chi connectivity index (χ0n) is 14.5. The van der Waals surface area contributed by atoms with Crippen LogP contribution in [0.5, 0.6) is 0 Å². The maximum absolute atomic E-state index is 11.7.